The molecule has 1 aromatic carbocycles. The molecule has 23 heavy (non-hydrogen) atoms. The first-order chi connectivity index (χ1) is 10.9. The molecule has 1 saturated heterocycles. The van der Waals surface area contributed by atoms with Crippen LogP contribution < -0.4 is 0 Å². The summed E-state index contributed by atoms with van der Waals surface area (Å²) < 4.78 is 5.34. The van der Waals surface area contributed by atoms with Gasteiger partial charge in [0.25, 0.3) is 0 Å². The monoisotopic (exact) mass is 318 g/mol. The van der Waals surface area contributed by atoms with Gasteiger partial charge in [0, 0.05) is 31.6 Å². The predicted octanol–water partition coefficient (Wildman–Crippen LogP) is 2.56. The first kappa shape index (κ1) is 17.5. The summed E-state index contributed by atoms with van der Waals surface area (Å²) in [6.45, 7) is 9.19. The Hall–Kier alpha value is -1.88. The van der Waals surface area contributed by atoms with E-state index in [0.29, 0.717) is 39.3 Å². The Balaban J connectivity index is 1.73. The van der Waals surface area contributed by atoms with Crippen LogP contribution >= 0.6 is 0 Å². The normalized spacial score (nSPS) is 16.2. The number of hydrogen-bond donors (Lipinski definition) is 0. The van der Waals surface area contributed by atoms with Gasteiger partial charge in [-0.25, -0.2) is 4.79 Å². The summed E-state index contributed by atoms with van der Waals surface area (Å²) >= 11 is 0. The molecule has 1 aliphatic heterocycles. The summed E-state index contributed by atoms with van der Waals surface area (Å²) in [7, 11) is 0. The van der Waals surface area contributed by atoms with Gasteiger partial charge in [0.1, 0.15) is 6.61 Å². The van der Waals surface area contributed by atoms with E-state index in [-0.39, 0.29) is 17.3 Å². The molecule has 5 nitrogen and oxygen atoms in total. The van der Waals surface area contributed by atoms with Crippen molar-refractivity contribution in [2.45, 2.75) is 27.4 Å². The maximum Gasteiger partial charge on any atom is 0.410 e. The second-order valence-electron chi connectivity index (χ2n) is 6.98. The van der Waals surface area contributed by atoms with Gasteiger partial charge in [0.2, 0.25) is 0 Å². The Morgan fingerprint density at radius 3 is 2.22 bits per heavy atom. The minimum absolute atomic E-state index is 0.234. The molecule has 2 rings (SSSR count). The van der Waals surface area contributed by atoms with Gasteiger partial charge < -0.3 is 9.64 Å². The summed E-state index contributed by atoms with van der Waals surface area (Å²) in [4.78, 5) is 28.0. The summed E-state index contributed by atoms with van der Waals surface area (Å²) in [5, 5.41) is 0. The first-order valence-corrected chi connectivity index (χ1v) is 8.07. The Bertz CT molecular complexity index is 529. The number of ketones is 1. The fraction of sp³-hybridized carbons (Fsp3) is 0.556. The SMILES string of the molecule is CC(C)(C)C(=O)CN1CCN(C(=O)OCc2ccccc2)CC1. The molecule has 1 aliphatic rings. The summed E-state index contributed by atoms with van der Waals surface area (Å²) in [6.07, 6.45) is -0.282. The van der Waals surface area contributed by atoms with Crippen LogP contribution in [0.15, 0.2) is 30.3 Å². The summed E-state index contributed by atoms with van der Waals surface area (Å²) in [5.74, 6) is 0.234. The van der Waals surface area contributed by atoms with E-state index in [4.69, 9.17) is 4.74 Å². The third-order valence-electron chi connectivity index (χ3n) is 4.04. The molecular weight excluding hydrogens is 292 g/mol. The molecule has 0 unspecified atom stereocenters. The molecule has 0 spiro atoms. The number of rotatable bonds is 4. The second kappa shape index (κ2) is 7.59. The van der Waals surface area contributed by atoms with Crippen LogP contribution in [0.3, 0.4) is 0 Å². The lowest BCUT2D eigenvalue weighted by molar-refractivity contribution is -0.127. The van der Waals surface area contributed by atoms with Gasteiger partial charge in [-0.15, -0.1) is 0 Å². The molecule has 1 heterocycles. The van der Waals surface area contributed by atoms with Crippen molar-refractivity contribution in [1.82, 2.24) is 9.80 Å². The number of ether oxygens (including phenoxy) is 1. The van der Waals surface area contributed by atoms with Crippen LogP contribution in [0, 0.1) is 5.41 Å². The molecule has 0 atom stereocenters. The number of carbonyl (C=O) groups is 2. The van der Waals surface area contributed by atoms with E-state index in [9.17, 15) is 9.59 Å². The fourth-order valence-corrected chi connectivity index (χ4v) is 2.34. The lowest BCUT2D eigenvalue weighted by Crippen LogP contribution is -2.50. The number of amides is 1. The van der Waals surface area contributed by atoms with Gasteiger partial charge in [-0.2, -0.15) is 0 Å². The van der Waals surface area contributed by atoms with Crippen molar-refractivity contribution in [2.75, 3.05) is 32.7 Å². The molecule has 5 heteroatoms. The molecule has 0 radical (unpaired) electrons. The van der Waals surface area contributed by atoms with E-state index in [1.165, 1.54) is 0 Å². The van der Waals surface area contributed by atoms with E-state index in [1.54, 1.807) is 4.90 Å². The van der Waals surface area contributed by atoms with Crippen molar-refractivity contribution < 1.29 is 14.3 Å². The Morgan fingerprint density at radius 2 is 1.65 bits per heavy atom. The van der Waals surface area contributed by atoms with E-state index in [1.807, 2.05) is 51.1 Å². The highest BCUT2D eigenvalue weighted by atomic mass is 16.6. The van der Waals surface area contributed by atoms with E-state index < -0.39 is 0 Å². The van der Waals surface area contributed by atoms with E-state index in [2.05, 4.69) is 4.90 Å². The molecule has 0 aliphatic carbocycles. The average molecular weight is 318 g/mol. The zero-order valence-electron chi connectivity index (χ0n) is 14.2. The number of Topliss-reactive ketones (excluding diaryl/α,β-unsaturated/α-hetero) is 1. The number of hydrogen-bond acceptors (Lipinski definition) is 4. The van der Waals surface area contributed by atoms with Crippen LogP contribution in [-0.2, 0) is 16.1 Å². The van der Waals surface area contributed by atoms with Gasteiger partial charge in [-0.1, -0.05) is 51.1 Å². The van der Waals surface area contributed by atoms with Crippen molar-refractivity contribution in [2.24, 2.45) is 5.41 Å². The predicted molar refractivity (Wildman–Crippen MR) is 89.1 cm³/mol. The third-order valence-corrected chi connectivity index (χ3v) is 4.04. The van der Waals surface area contributed by atoms with Crippen LogP contribution in [0.2, 0.25) is 0 Å². The quantitative estimate of drug-likeness (QED) is 0.856. The van der Waals surface area contributed by atoms with E-state index >= 15 is 0 Å². The Kier molecular flexibility index (Phi) is 5.77. The van der Waals surface area contributed by atoms with Crippen LogP contribution in [0.4, 0.5) is 4.79 Å². The number of benzene rings is 1. The first-order valence-electron chi connectivity index (χ1n) is 8.07. The lowest BCUT2D eigenvalue weighted by atomic mass is 9.90. The molecule has 0 aromatic heterocycles. The van der Waals surface area contributed by atoms with Crippen LogP contribution in [0.5, 0.6) is 0 Å². The number of nitrogens with zero attached hydrogens (tertiary/aromatic N) is 2. The van der Waals surface area contributed by atoms with Crippen molar-refractivity contribution in [3.8, 4) is 0 Å². The largest absolute Gasteiger partial charge is 0.445 e. The minimum Gasteiger partial charge on any atom is -0.445 e. The van der Waals surface area contributed by atoms with Gasteiger partial charge in [-0.3, -0.25) is 9.69 Å². The Labute approximate surface area is 138 Å². The van der Waals surface area contributed by atoms with Crippen LogP contribution in [0.25, 0.3) is 0 Å². The Morgan fingerprint density at radius 1 is 1.04 bits per heavy atom. The van der Waals surface area contributed by atoms with E-state index in [0.717, 1.165) is 5.56 Å². The molecule has 1 aromatic rings. The van der Waals surface area contributed by atoms with Crippen molar-refractivity contribution in [3.63, 3.8) is 0 Å². The molecule has 0 saturated carbocycles. The standard InChI is InChI=1S/C18H26N2O3/c1-18(2,3)16(21)13-19-9-11-20(12-10-19)17(22)23-14-15-7-5-4-6-8-15/h4-8H,9-14H2,1-3H3. The lowest BCUT2D eigenvalue weighted by Gasteiger charge is -2.34. The molecule has 1 amide bonds. The second-order valence-corrected chi connectivity index (χ2v) is 6.98. The fourth-order valence-electron chi connectivity index (χ4n) is 2.34. The third kappa shape index (κ3) is 5.36. The number of carbonyl (C=O) groups excluding carboxylic acids is 2. The van der Waals surface area contributed by atoms with Crippen molar-refractivity contribution in [1.29, 1.82) is 0 Å². The summed E-state index contributed by atoms with van der Waals surface area (Å²) in [6, 6.07) is 9.65. The van der Waals surface area contributed by atoms with Gasteiger partial charge in [0.15, 0.2) is 5.78 Å². The van der Waals surface area contributed by atoms with Crippen LogP contribution in [-0.4, -0.2) is 54.4 Å². The minimum atomic E-state index is -0.314. The highest BCUT2D eigenvalue weighted by molar-refractivity contribution is 5.85. The molecular formula is C18H26N2O3. The molecule has 126 valence electrons. The number of piperazine rings is 1. The van der Waals surface area contributed by atoms with Crippen molar-refractivity contribution >= 4 is 11.9 Å². The highest BCUT2D eigenvalue weighted by Crippen LogP contribution is 2.16. The van der Waals surface area contributed by atoms with Gasteiger partial charge in [0.05, 0.1) is 6.54 Å². The zero-order chi connectivity index (χ0) is 16.9. The van der Waals surface area contributed by atoms with Gasteiger partial charge >= 0.3 is 6.09 Å². The zero-order valence-corrected chi connectivity index (χ0v) is 14.2. The van der Waals surface area contributed by atoms with Crippen LogP contribution in [0.1, 0.15) is 26.3 Å². The topological polar surface area (TPSA) is 49.9 Å². The molecule has 0 bridgehead atoms. The molecule has 0 N–H and O–H groups in total. The summed E-state index contributed by atoms with van der Waals surface area (Å²) in [5.41, 5.74) is 0.668. The smallest absolute Gasteiger partial charge is 0.410 e. The average Bonchev–Trinajstić information content (AvgIpc) is 2.53. The molecule has 1 fully saturated rings. The highest BCUT2D eigenvalue weighted by Gasteiger charge is 2.27. The van der Waals surface area contributed by atoms with Crippen molar-refractivity contribution in [3.05, 3.63) is 35.9 Å². The maximum atomic E-state index is 12.1. The van der Waals surface area contributed by atoms with Gasteiger partial charge in [-0.05, 0) is 5.56 Å². The maximum absolute atomic E-state index is 12.1.